The van der Waals surface area contributed by atoms with Gasteiger partial charge in [0, 0.05) is 32.1 Å². The third kappa shape index (κ3) is 2.79. The molecule has 3 nitrogen and oxygen atoms in total. The van der Waals surface area contributed by atoms with Gasteiger partial charge in [-0.25, -0.2) is 0 Å². The van der Waals surface area contributed by atoms with Crippen LogP contribution < -0.4 is 5.32 Å². The van der Waals surface area contributed by atoms with Gasteiger partial charge in [0.05, 0.1) is 6.61 Å². The second kappa shape index (κ2) is 5.08. The molecule has 1 aromatic rings. The average molecular weight is 192 g/mol. The summed E-state index contributed by atoms with van der Waals surface area (Å²) in [6.07, 6.45) is 4.86. The molecule has 76 valence electrons. The van der Waals surface area contributed by atoms with Crippen molar-refractivity contribution in [3.05, 3.63) is 30.1 Å². The number of hydrogen-bond donors (Lipinski definition) is 1. The molecule has 1 fully saturated rings. The summed E-state index contributed by atoms with van der Waals surface area (Å²) < 4.78 is 5.31. The number of rotatable bonds is 4. The van der Waals surface area contributed by atoms with E-state index in [1.54, 1.807) is 0 Å². The van der Waals surface area contributed by atoms with E-state index in [1.165, 1.54) is 12.0 Å². The van der Waals surface area contributed by atoms with Gasteiger partial charge in [0.1, 0.15) is 0 Å². The summed E-state index contributed by atoms with van der Waals surface area (Å²) >= 11 is 0. The lowest BCUT2D eigenvalue weighted by atomic mass is 10.1. The van der Waals surface area contributed by atoms with Crippen molar-refractivity contribution in [3.63, 3.8) is 0 Å². The number of hydrogen-bond acceptors (Lipinski definition) is 3. The van der Waals surface area contributed by atoms with E-state index in [2.05, 4.69) is 10.3 Å². The Bertz CT molecular complexity index is 257. The molecule has 0 bridgehead atoms. The van der Waals surface area contributed by atoms with Crippen LogP contribution in [0.25, 0.3) is 0 Å². The van der Waals surface area contributed by atoms with Gasteiger partial charge in [-0.2, -0.15) is 0 Å². The van der Waals surface area contributed by atoms with Crippen molar-refractivity contribution in [2.75, 3.05) is 19.8 Å². The maximum atomic E-state index is 5.31. The fourth-order valence-electron chi connectivity index (χ4n) is 1.67. The lowest BCUT2D eigenvalue weighted by Crippen LogP contribution is -2.22. The van der Waals surface area contributed by atoms with Gasteiger partial charge in [-0.1, -0.05) is 0 Å². The van der Waals surface area contributed by atoms with Crippen LogP contribution in [-0.2, 0) is 11.3 Å². The first-order valence-corrected chi connectivity index (χ1v) is 5.12. The Hall–Kier alpha value is -0.930. The van der Waals surface area contributed by atoms with Gasteiger partial charge < -0.3 is 10.1 Å². The molecule has 14 heavy (non-hydrogen) atoms. The highest BCUT2D eigenvalue weighted by Crippen LogP contribution is 2.10. The van der Waals surface area contributed by atoms with Crippen molar-refractivity contribution in [3.8, 4) is 0 Å². The molecule has 1 aromatic heterocycles. The second-order valence-corrected chi connectivity index (χ2v) is 3.72. The quantitative estimate of drug-likeness (QED) is 0.778. The number of nitrogens with zero attached hydrogens (tertiary/aromatic N) is 1. The average Bonchev–Trinajstić information content (AvgIpc) is 2.72. The van der Waals surface area contributed by atoms with Gasteiger partial charge in [0.2, 0.25) is 0 Å². The normalized spacial score (nSPS) is 21.3. The Morgan fingerprint density at radius 3 is 3.00 bits per heavy atom. The van der Waals surface area contributed by atoms with Crippen LogP contribution in [-0.4, -0.2) is 24.7 Å². The molecule has 0 spiro atoms. The highest BCUT2D eigenvalue weighted by Gasteiger charge is 2.14. The van der Waals surface area contributed by atoms with Crippen molar-refractivity contribution in [2.45, 2.75) is 13.0 Å². The standard InChI is InChI=1S/C11H16N2O/c1-4-12-5-2-10(1)7-13-8-11-3-6-14-9-11/h1-2,4-5,11,13H,3,6-9H2. The van der Waals surface area contributed by atoms with Gasteiger partial charge in [-0.05, 0) is 30.0 Å². The fraction of sp³-hybridized carbons (Fsp3) is 0.545. The summed E-state index contributed by atoms with van der Waals surface area (Å²) in [5, 5.41) is 3.44. The van der Waals surface area contributed by atoms with Crippen LogP contribution in [0.1, 0.15) is 12.0 Å². The number of nitrogens with one attached hydrogen (secondary N) is 1. The SMILES string of the molecule is c1cc(CNCC2CCOC2)ccn1. The fourth-order valence-corrected chi connectivity index (χ4v) is 1.67. The summed E-state index contributed by atoms with van der Waals surface area (Å²) in [6, 6.07) is 4.08. The van der Waals surface area contributed by atoms with Crippen LogP contribution in [0.3, 0.4) is 0 Å². The molecule has 1 aliphatic rings. The van der Waals surface area contributed by atoms with E-state index in [0.717, 1.165) is 26.3 Å². The Balaban J connectivity index is 1.67. The first-order valence-electron chi connectivity index (χ1n) is 5.12. The minimum atomic E-state index is 0.705. The maximum Gasteiger partial charge on any atom is 0.0507 e. The van der Waals surface area contributed by atoms with E-state index in [0.29, 0.717) is 5.92 Å². The highest BCUT2D eigenvalue weighted by atomic mass is 16.5. The Morgan fingerprint density at radius 1 is 1.43 bits per heavy atom. The lowest BCUT2D eigenvalue weighted by Gasteiger charge is -2.08. The molecule has 2 heterocycles. The van der Waals surface area contributed by atoms with E-state index in [-0.39, 0.29) is 0 Å². The van der Waals surface area contributed by atoms with Gasteiger partial charge in [0.15, 0.2) is 0 Å². The first-order chi connectivity index (χ1) is 6.95. The number of aromatic nitrogens is 1. The zero-order valence-corrected chi connectivity index (χ0v) is 8.28. The minimum absolute atomic E-state index is 0.705. The van der Waals surface area contributed by atoms with Gasteiger partial charge in [-0.15, -0.1) is 0 Å². The molecular weight excluding hydrogens is 176 g/mol. The molecule has 3 heteroatoms. The highest BCUT2D eigenvalue weighted by molar-refractivity contribution is 5.08. The summed E-state index contributed by atoms with van der Waals surface area (Å²) in [7, 11) is 0. The van der Waals surface area contributed by atoms with E-state index >= 15 is 0 Å². The summed E-state index contributed by atoms with van der Waals surface area (Å²) in [5.74, 6) is 0.705. The molecule has 2 rings (SSSR count). The Kier molecular flexibility index (Phi) is 3.49. The van der Waals surface area contributed by atoms with Crippen molar-refractivity contribution in [1.82, 2.24) is 10.3 Å². The van der Waals surface area contributed by atoms with Crippen LogP contribution in [0.15, 0.2) is 24.5 Å². The maximum absolute atomic E-state index is 5.31. The molecule has 0 amide bonds. The number of pyridine rings is 1. The van der Waals surface area contributed by atoms with Gasteiger partial charge in [-0.3, -0.25) is 4.98 Å². The lowest BCUT2D eigenvalue weighted by molar-refractivity contribution is 0.185. The third-order valence-corrected chi connectivity index (χ3v) is 2.54. The number of ether oxygens (including phenoxy) is 1. The molecular formula is C11H16N2O. The predicted octanol–water partition coefficient (Wildman–Crippen LogP) is 1.21. The van der Waals surface area contributed by atoms with Crippen LogP contribution in [0.5, 0.6) is 0 Å². The molecule has 0 radical (unpaired) electrons. The zero-order valence-electron chi connectivity index (χ0n) is 8.28. The summed E-state index contributed by atoms with van der Waals surface area (Å²) in [5.41, 5.74) is 1.29. The first kappa shape index (κ1) is 9.62. The van der Waals surface area contributed by atoms with E-state index < -0.39 is 0 Å². The van der Waals surface area contributed by atoms with Gasteiger partial charge in [0.25, 0.3) is 0 Å². The molecule has 1 saturated heterocycles. The smallest absolute Gasteiger partial charge is 0.0507 e. The van der Waals surface area contributed by atoms with Gasteiger partial charge >= 0.3 is 0 Å². The largest absolute Gasteiger partial charge is 0.381 e. The molecule has 0 saturated carbocycles. The Labute approximate surface area is 84.5 Å². The molecule has 0 aromatic carbocycles. The monoisotopic (exact) mass is 192 g/mol. The van der Waals surface area contributed by atoms with Crippen molar-refractivity contribution in [2.24, 2.45) is 5.92 Å². The Morgan fingerprint density at radius 2 is 2.29 bits per heavy atom. The molecule has 1 N–H and O–H groups in total. The van der Waals surface area contributed by atoms with Crippen LogP contribution >= 0.6 is 0 Å². The topological polar surface area (TPSA) is 34.1 Å². The summed E-state index contributed by atoms with van der Waals surface area (Å²) in [6.45, 7) is 3.84. The second-order valence-electron chi connectivity index (χ2n) is 3.72. The molecule has 1 aliphatic heterocycles. The molecule has 1 unspecified atom stereocenters. The third-order valence-electron chi connectivity index (χ3n) is 2.54. The van der Waals surface area contributed by atoms with Crippen LogP contribution in [0, 0.1) is 5.92 Å². The van der Waals surface area contributed by atoms with Crippen molar-refractivity contribution < 1.29 is 4.74 Å². The van der Waals surface area contributed by atoms with E-state index in [9.17, 15) is 0 Å². The van der Waals surface area contributed by atoms with Crippen LogP contribution in [0.2, 0.25) is 0 Å². The zero-order chi connectivity index (χ0) is 9.64. The van der Waals surface area contributed by atoms with Crippen molar-refractivity contribution >= 4 is 0 Å². The summed E-state index contributed by atoms with van der Waals surface area (Å²) in [4.78, 5) is 3.98. The minimum Gasteiger partial charge on any atom is -0.381 e. The van der Waals surface area contributed by atoms with Crippen LogP contribution in [0.4, 0.5) is 0 Å². The molecule has 1 atom stereocenters. The van der Waals surface area contributed by atoms with E-state index in [1.807, 2.05) is 24.5 Å². The predicted molar refractivity (Wildman–Crippen MR) is 54.9 cm³/mol. The van der Waals surface area contributed by atoms with E-state index in [4.69, 9.17) is 4.74 Å². The molecule has 0 aliphatic carbocycles. The van der Waals surface area contributed by atoms with Crippen molar-refractivity contribution in [1.29, 1.82) is 0 Å².